The fourth-order valence-corrected chi connectivity index (χ4v) is 1.91. The van der Waals surface area contributed by atoms with Crippen LogP contribution in [0.2, 0.25) is 0 Å². The fraction of sp³-hybridized carbons (Fsp3) is 0.625. The van der Waals surface area contributed by atoms with E-state index < -0.39 is 0 Å². The first-order chi connectivity index (χ1) is 6.92. The van der Waals surface area contributed by atoms with Crippen LogP contribution >= 0.6 is 11.8 Å². The van der Waals surface area contributed by atoms with Gasteiger partial charge in [-0.2, -0.15) is 0 Å². The molecule has 76 valence electrons. The largest absolute Gasteiger partial charge is 0.327 e. The van der Waals surface area contributed by atoms with Crippen LogP contribution in [0.3, 0.4) is 0 Å². The van der Waals surface area contributed by atoms with Gasteiger partial charge in [0.15, 0.2) is 0 Å². The molecule has 14 heavy (non-hydrogen) atoms. The maximum atomic E-state index is 5.33. The van der Waals surface area contributed by atoms with Crippen molar-refractivity contribution in [3.05, 3.63) is 12.2 Å². The zero-order valence-corrected chi connectivity index (χ0v) is 8.65. The molecule has 0 bridgehead atoms. The summed E-state index contributed by atoms with van der Waals surface area (Å²) in [7, 11) is 0. The molecule has 0 atom stereocenters. The molecule has 1 fully saturated rings. The first-order valence-corrected chi connectivity index (χ1v) is 5.66. The molecule has 1 saturated carbocycles. The van der Waals surface area contributed by atoms with Gasteiger partial charge < -0.3 is 5.73 Å². The van der Waals surface area contributed by atoms with E-state index in [0.717, 1.165) is 10.9 Å². The molecule has 5 nitrogen and oxygen atoms in total. The average molecular weight is 211 g/mol. The molecule has 1 aliphatic rings. The van der Waals surface area contributed by atoms with Crippen molar-refractivity contribution in [3.8, 4) is 0 Å². The number of hydrogen-bond acceptors (Lipinski definition) is 5. The highest BCUT2D eigenvalue weighted by Crippen LogP contribution is 2.36. The van der Waals surface area contributed by atoms with Crippen molar-refractivity contribution in [2.75, 3.05) is 12.3 Å². The van der Waals surface area contributed by atoms with E-state index >= 15 is 0 Å². The summed E-state index contributed by atoms with van der Waals surface area (Å²) < 4.78 is 1.92. The van der Waals surface area contributed by atoms with Gasteiger partial charge in [-0.3, -0.25) is 0 Å². The van der Waals surface area contributed by atoms with Crippen molar-refractivity contribution in [2.45, 2.75) is 24.0 Å². The maximum absolute atomic E-state index is 5.33. The SMILES string of the molecule is NCC=CCSc1nnnn1C1CC1. The minimum atomic E-state index is 0.547. The highest BCUT2D eigenvalue weighted by molar-refractivity contribution is 7.99. The normalized spacial score (nSPS) is 16.6. The number of nitrogens with two attached hydrogens (primary N) is 1. The number of tetrazole rings is 1. The summed E-state index contributed by atoms with van der Waals surface area (Å²) in [6.07, 6.45) is 6.39. The van der Waals surface area contributed by atoms with E-state index in [1.165, 1.54) is 12.8 Å². The zero-order chi connectivity index (χ0) is 9.80. The number of thioether (sulfide) groups is 1. The quantitative estimate of drug-likeness (QED) is 0.571. The Morgan fingerprint density at radius 1 is 1.50 bits per heavy atom. The smallest absolute Gasteiger partial charge is 0.209 e. The van der Waals surface area contributed by atoms with Gasteiger partial charge in [0.2, 0.25) is 5.16 Å². The van der Waals surface area contributed by atoms with Gasteiger partial charge in [-0.15, -0.1) is 5.10 Å². The van der Waals surface area contributed by atoms with Crippen LogP contribution < -0.4 is 5.73 Å². The minimum Gasteiger partial charge on any atom is -0.327 e. The Balaban J connectivity index is 1.88. The van der Waals surface area contributed by atoms with Gasteiger partial charge in [0.05, 0.1) is 6.04 Å². The van der Waals surface area contributed by atoms with Gasteiger partial charge in [-0.05, 0) is 23.3 Å². The number of rotatable bonds is 5. The van der Waals surface area contributed by atoms with Crippen molar-refractivity contribution in [1.29, 1.82) is 0 Å². The third kappa shape index (κ3) is 2.33. The molecule has 0 aliphatic heterocycles. The summed E-state index contributed by atoms with van der Waals surface area (Å²) in [6, 6.07) is 0.547. The van der Waals surface area contributed by atoms with Crippen LogP contribution in [-0.2, 0) is 0 Å². The maximum Gasteiger partial charge on any atom is 0.209 e. The molecule has 0 spiro atoms. The monoisotopic (exact) mass is 211 g/mol. The van der Waals surface area contributed by atoms with Crippen molar-refractivity contribution < 1.29 is 0 Å². The van der Waals surface area contributed by atoms with Gasteiger partial charge in [0.25, 0.3) is 0 Å². The molecule has 6 heteroatoms. The third-order valence-electron chi connectivity index (χ3n) is 1.97. The highest BCUT2D eigenvalue weighted by Gasteiger charge is 2.27. The second kappa shape index (κ2) is 4.56. The molecule has 0 saturated heterocycles. The molecule has 0 unspecified atom stereocenters. The lowest BCUT2D eigenvalue weighted by Gasteiger charge is -1.98. The van der Waals surface area contributed by atoms with Crippen LogP contribution in [0.5, 0.6) is 0 Å². The van der Waals surface area contributed by atoms with E-state index in [9.17, 15) is 0 Å². The zero-order valence-electron chi connectivity index (χ0n) is 7.83. The number of aromatic nitrogens is 4. The first-order valence-electron chi connectivity index (χ1n) is 4.67. The van der Waals surface area contributed by atoms with Crippen molar-refractivity contribution in [2.24, 2.45) is 5.73 Å². The standard InChI is InChI=1S/C8H13N5S/c9-5-1-2-6-14-8-10-11-12-13(8)7-3-4-7/h1-2,7H,3-6,9H2. The first kappa shape index (κ1) is 9.67. The Morgan fingerprint density at radius 2 is 2.36 bits per heavy atom. The summed E-state index contributed by atoms with van der Waals surface area (Å²) in [5.41, 5.74) is 5.33. The second-order valence-electron chi connectivity index (χ2n) is 3.16. The van der Waals surface area contributed by atoms with Gasteiger partial charge in [0, 0.05) is 12.3 Å². The molecule has 2 rings (SSSR count). The van der Waals surface area contributed by atoms with E-state index in [4.69, 9.17) is 5.73 Å². The second-order valence-corrected chi connectivity index (χ2v) is 4.14. The topological polar surface area (TPSA) is 69.6 Å². The van der Waals surface area contributed by atoms with Crippen LogP contribution in [0.25, 0.3) is 0 Å². The van der Waals surface area contributed by atoms with Crippen LogP contribution in [0, 0.1) is 0 Å². The predicted octanol–water partition coefficient (Wildman–Crippen LogP) is 0.615. The lowest BCUT2D eigenvalue weighted by atomic mass is 10.5. The molecular weight excluding hydrogens is 198 g/mol. The molecular formula is C8H13N5S. The number of nitrogens with zero attached hydrogens (tertiary/aromatic N) is 4. The molecule has 1 aliphatic carbocycles. The van der Waals surface area contributed by atoms with Crippen LogP contribution in [0.1, 0.15) is 18.9 Å². The van der Waals surface area contributed by atoms with Crippen molar-refractivity contribution >= 4 is 11.8 Å². The lowest BCUT2D eigenvalue weighted by Crippen LogP contribution is -1.98. The van der Waals surface area contributed by atoms with E-state index in [0.29, 0.717) is 12.6 Å². The third-order valence-corrected chi connectivity index (χ3v) is 2.85. The Morgan fingerprint density at radius 3 is 3.07 bits per heavy atom. The van der Waals surface area contributed by atoms with Crippen molar-refractivity contribution in [1.82, 2.24) is 20.2 Å². The van der Waals surface area contributed by atoms with Crippen LogP contribution in [0.4, 0.5) is 0 Å². The molecule has 2 N–H and O–H groups in total. The van der Waals surface area contributed by atoms with E-state index in [1.54, 1.807) is 11.8 Å². The summed E-state index contributed by atoms with van der Waals surface area (Å²) in [5.74, 6) is 0.879. The van der Waals surface area contributed by atoms with E-state index in [2.05, 4.69) is 15.5 Å². The Hall–Kier alpha value is -0.880. The average Bonchev–Trinajstić information content (AvgIpc) is 2.94. The summed E-state index contributed by atoms with van der Waals surface area (Å²) >= 11 is 1.65. The molecule has 0 radical (unpaired) electrons. The molecule has 1 aromatic heterocycles. The van der Waals surface area contributed by atoms with E-state index in [1.807, 2.05) is 16.8 Å². The predicted molar refractivity (Wildman–Crippen MR) is 55.0 cm³/mol. The van der Waals surface area contributed by atoms with Crippen molar-refractivity contribution in [3.63, 3.8) is 0 Å². The summed E-state index contributed by atoms with van der Waals surface area (Å²) in [5, 5.41) is 12.5. The van der Waals surface area contributed by atoms with Gasteiger partial charge in [-0.25, -0.2) is 4.68 Å². The molecule has 1 heterocycles. The highest BCUT2D eigenvalue weighted by atomic mass is 32.2. The van der Waals surface area contributed by atoms with Crippen LogP contribution in [0.15, 0.2) is 17.3 Å². The number of hydrogen-bond donors (Lipinski definition) is 1. The molecule has 1 aromatic rings. The lowest BCUT2D eigenvalue weighted by molar-refractivity contribution is 0.565. The van der Waals surface area contributed by atoms with Gasteiger partial charge in [-0.1, -0.05) is 23.9 Å². The summed E-state index contributed by atoms with van der Waals surface area (Å²) in [4.78, 5) is 0. The summed E-state index contributed by atoms with van der Waals surface area (Å²) in [6.45, 7) is 0.591. The Bertz CT molecular complexity index is 317. The Labute approximate surface area is 86.7 Å². The minimum absolute atomic E-state index is 0.547. The Kier molecular flexibility index (Phi) is 3.15. The van der Waals surface area contributed by atoms with Gasteiger partial charge in [0.1, 0.15) is 0 Å². The molecule has 0 aromatic carbocycles. The fourth-order valence-electron chi connectivity index (χ4n) is 1.12. The van der Waals surface area contributed by atoms with Crippen LogP contribution in [-0.4, -0.2) is 32.5 Å². The van der Waals surface area contributed by atoms with E-state index in [-0.39, 0.29) is 0 Å². The van der Waals surface area contributed by atoms with Gasteiger partial charge >= 0.3 is 0 Å². The molecule has 0 amide bonds.